The van der Waals surface area contributed by atoms with Gasteiger partial charge in [0, 0.05) is 11.8 Å². The van der Waals surface area contributed by atoms with Gasteiger partial charge in [0.15, 0.2) is 23.3 Å². The van der Waals surface area contributed by atoms with E-state index in [2.05, 4.69) is 20.7 Å². The highest BCUT2D eigenvalue weighted by Gasteiger charge is 2.03. The van der Waals surface area contributed by atoms with Crippen molar-refractivity contribution in [2.45, 2.75) is 0 Å². The minimum Gasteiger partial charge on any atom is -0.339 e. The Balaban J connectivity index is 2.22. The van der Waals surface area contributed by atoms with Crippen molar-refractivity contribution >= 4 is 17.3 Å². The lowest BCUT2D eigenvalue weighted by molar-refractivity contribution is 0.509. The number of hydrogen-bond acceptors (Lipinski definition) is 5. The molecule has 1 heterocycles. The first-order valence-corrected chi connectivity index (χ1v) is 4.70. The van der Waals surface area contributed by atoms with Crippen molar-refractivity contribution in [3.05, 3.63) is 42.2 Å². The molecule has 0 saturated carbocycles. The Bertz CT molecular complexity index is 532. The quantitative estimate of drug-likeness (QED) is 0.560. The van der Waals surface area contributed by atoms with Gasteiger partial charge in [-0.25, -0.2) is 19.6 Å². The number of nitrogen functional groups attached to an aromatic ring is 1. The van der Waals surface area contributed by atoms with Gasteiger partial charge in [-0.05, 0) is 12.1 Å². The fourth-order valence-corrected chi connectivity index (χ4v) is 1.22. The number of aromatic nitrogens is 2. The first-order chi connectivity index (χ1) is 8.19. The van der Waals surface area contributed by atoms with E-state index < -0.39 is 11.6 Å². The van der Waals surface area contributed by atoms with E-state index in [0.29, 0.717) is 17.3 Å². The van der Waals surface area contributed by atoms with E-state index in [1.165, 1.54) is 18.5 Å². The maximum Gasteiger partial charge on any atom is 0.160 e. The molecule has 88 valence electrons. The molecule has 7 heteroatoms. The second-order valence-corrected chi connectivity index (χ2v) is 3.19. The first kappa shape index (κ1) is 11.2. The van der Waals surface area contributed by atoms with Gasteiger partial charge in [-0.2, -0.15) is 0 Å². The van der Waals surface area contributed by atoms with Crippen molar-refractivity contribution in [1.82, 2.24) is 9.97 Å². The van der Waals surface area contributed by atoms with Gasteiger partial charge in [-0.3, -0.25) is 4.98 Å². The van der Waals surface area contributed by atoms with Crippen molar-refractivity contribution in [3.8, 4) is 0 Å². The van der Waals surface area contributed by atoms with Crippen LogP contribution in [-0.4, -0.2) is 9.97 Å². The highest BCUT2D eigenvalue weighted by molar-refractivity contribution is 5.56. The third-order valence-electron chi connectivity index (χ3n) is 1.97. The molecule has 0 amide bonds. The lowest BCUT2D eigenvalue weighted by Crippen LogP contribution is -2.09. The molecule has 0 aliphatic heterocycles. The summed E-state index contributed by atoms with van der Waals surface area (Å²) in [5.74, 6) is 4.05. The zero-order valence-electron chi connectivity index (χ0n) is 8.61. The van der Waals surface area contributed by atoms with Gasteiger partial charge in [0.1, 0.15) is 0 Å². The number of anilines is 3. The number of nitrogens with one attached hydrogen (secondary N) is 2. The van der Waals surface area contributed by atoms with Crippen molar-refractivity contribution in [1.29, 1.82) is 0 Å². The SMILES string of the molecule is NNc1cncc(Nc2ccc(F)c(F)c2)n1. The normalized spacial score (nSPS) is 10.1. The standard InChI is InChI=1S/C10H9F2N5/c11-7-2-1-6(3-8(7)12)15-9-4-14-5-10(16-9)17-13/h1-5H,13H2,(H2,15,16,17). The van der Waals surface area contributed by atoms with Crippen LogP contribution in [0.1, 0.15) is 0 Å². The molecular weight excluding hydrogens is 228 g/mol. The van der Waals surface area contributed by atoms with Crippen molar-refractivity contribution < 1.29 is 8.78 Å². The molecule has 1 aromatic carbocycles. The Morgan fingerprint density at radius 3 is 2.53 bits per heavy atom. The summed E-state index contributed by atoms with van der Waals surface area (Å²) >= 11 is 0. The average Bonchev–Trinajstić information content (AvgIpc) is 2.34. The highest BCUT2D eigenvalue weighted by Crippen LogP contribution is 2.17. The maximum absolute atomic E-state index is 12.9. The van der Waals surface area contributed by atoms with Crippen LogP contribution in [-0.2, 0) is 0 Å². The molecule has 0 saturated heterocycles. The van der Waals surface area contributed by atoms with Crippen LogP contribution in [0.4, 0.5) is 26.1 Å². The third-order valence-corrected chi connectivity index (χ3v) is 1.97. The lowest BCUT2D eigenvalue weighted by atomic mass is 10.3. The van der Waals surface area contributed by atoms with Gasteiger partial charge >= 0.3 is 0 Å². The molecular formula is C10H9F2N5. The molecule has 0 atom stereocenters. The van der Waals surface area contributed by atoms with Gasteiger partial charge in [0.2, 0.25) is 0 Å². The van der Waals surface area contributed by atoms with Gasteiger partial charge in [-0.15, -0.1) is 0 Å². The van der Waals surface area contributed by atoms with Gasteiger partial charge < -0.3 is 10.7 Å². The third kappa shape index (κ3) is 2.64. The number of rotatable bonds is 3. The fourth-order valence-electron chi connectivity index (χ4n) is 1.22. The van der Waals surface area contributed by atoms with Crippen LogP contribution in [0.2, 0.25) is 0 Å². The van der Waals surface area contributed by atoms with Crippen molar-refractivity contribution in [2.75, 3.05) is 10.7 Å². The van der Waals surface area contributed by atoms with Gasteiger partial charge in [-0.1, -0.05) is 0 Å². The second kappa shape index (κ2) is 4.71. The Hall–Kier alpha value is -2.28. The smallest absolute Gasteiger partial charge is 0.160 e. The molecule has 2 rings (SSSR count). The highest BCUT2D eigenvalue weighted by atomic mass is 19.2. The number of nitrogens with zero attached hydrogens (tertiary/aromatic N) is 2. The summed E-state index contributed by atoms with van der Waals surface area (Å²) in [5, 5.41) is 2.77. The molecule has 0 radical (unpaired) electrons. The topological polar surface area (TPSA) is 75.9 Å². The van der Waals surface area contributed by atoms with Crippen LogP contribution in [0, 0.1) is 11.6 Å². The number of nitrogens with two attached hydrogens (primary N) is 1. The van der Waals surface area contributed by atoms with Crippen molar-refractivity contribution in [3.63, 3.8) is 0 Å². The number of hydrazine groups is 1. The Morgan fingerprint density at radius 2 is 1.82 bits per heavy atom. The van der Waals surface area contributed by atoms with E-state index >= 15 is 0 Å². The summed E-state index contributed by atoms with van der Waals surface area (Å²) < 4.78 is 25.6. The molecule has 0 spiro atoms. The second-order valence-electron chi connectivity index (χ2n) is 3.19. The monoisotopic (exact) mass is 237 g/mol. The van der Waals surface area contributed by atoms with Crippen molar-refractivity contribution in [2.24, 2.45) is 5.84 Å². The Kier molecular flexibility index (Phi) is 3.10. The molecule has 5 nitrogen and oxygen atoms in total. The van der Waals surface area contributed by atoms with E-state index in [0.717, 1.165) is 12.1 Å². The van der Waals surface area contributed by atoms with Crippen LogP contribution >= 0.6 is 0 Å². The lowest BCUT2D eigenvalue weighted by Gasteiger charge is -2.06. The van der Waals surface area contributed by atoms with Crippen LogP contribution in [0.5, 0.6) is 0 Å². The van der Waals surface area contributed by atoms with Crippen LogP contribution in [0.15, 0.2) is 30.6 Å². The van der Waals surface area contributed by atoms with E-state index in [1.807, 2.05) is 0 Å². The van der Waals surface area contributed by atoms with Crippen LogP contribution in [0.3, 0.4) is 0 Å². The predicted molar refractivity (Wildman–Crippen MR) is 59.5 cm³/mol. The Labute approximate surface area is 95.7 Å². The summed E-state index contributed by atoms with van der Waals surface area (Å²) in [7, 11) is 0. The van der Waals surface area contributed by atoms with E-state index in [1.54, 1.807) is 0 Å². The molecule has 0 fully saturated rings. The van der Waals surface area contributed by atoms with E-state index in [-0.39, 0.29) is 0 Å². The van der Waals surface area contributed by atoms with Gasteiger partial charge in [0.25, 0.3) is 0 Å². The molecule has 0 unspecified atom stereocenters. The summed E-state index contributed by atoms with van der Waals surface area (Å²) in [6.45, 7) is 0. The minimum absolute atomic E-state index is 0.359. The van der Waals surface area contributed by atoms with E-state index in [9.17, 15) is 8.78 Å². The minimum atomic E-state index is -0.934. The zero-order valence-corrected chi connectivity index (χ0v) is 8.61. The predicted octanol–water partition coefficient (Wildman–Crippen LogP) is 1.78. The largest absolute Gasteiger partial charge is 0.339 e. The van der Waals surface area contributed by atoms with Crippen LogP contribution < -0.4 is 16.6 Å². The molecule has 1 aromatic heterocycles. The van der Waals surface area contributed by atoms with Gasteiger partial charge in [0.05, 0.1) is 12.4 Å². The number of benzene rings is 1. The summed E-state index contributed by atoms with van der Waals surface area (Å²) in [6.07, 6.45) is 2.86. The molecule has 0 bridgehead atoms. The average molecular weight is 237 g/mol. The molecule has 4 N–H and O–H groups in total. The molecule has 17 heavy (non-hydrogen) atoms. The molecule has 0 aliphatic rings. The zero-order chi connectivity index (χ0) is 12.3. The number of halogens is 2. The Morgan fingerprint density at radius 1 is 1.06 bits per heavy atom. The van der Waals surface area contributed by atoms with Crippen LogP contribution in [0.25, 0.3) is 0 Å². The number of hydrogen-bond donors (Lipinski definition) is 3. The maximum atomic E-state index is 12.9. The summed E-state index contributed by atoms with van der Waals surface area (Å²) in [5.41, 5.74) is 2.69. The first-order valence-electron chi connectivity index (χ1n) is 4.70. The molecule has 2 aromatic rings. The molecule has 0 aliphatic carbocycles. The summed E-state index contributed by atoms with van der Waals surface area (Å²) in [4.78, 5) is 7.87. The summed E-state index contributed by atoms with van der Waals surface area (Å²) in [6, 6.07) is 3.44. The van der Waals surface area contributed by atoms with E-state index in [4.69, 9.17) is 5.84 Å². The fraction of sp³-hybridized carbons (Fsp3) is 0.